The average molecular weight is 1070 g/mol. The molecule has 0 bridgehead atoms. The summed E-state index contributed by atoms with van der Waals surface area (Å²) >= 11 is 0. The Morgan fingerprint density at radius 3 is 0.658 bits per heavy atom. The van der Waals surface area contributed by atoms with Gasteiger partial charge in [-0.05, 0) is 44.9 Å². The second-order valence-electron chi connectivity index (χ2n) is 23.8. The minimum absolute atomic E-state index is 0.0663. The van der Waals surface area contributed by atoms with Crippen molar-refractivity contribution in [3.63, 3.8) is 0 Å². The standard InChI is InChI=1S/C70H134O6/c1-4-7-10-13-16-18-20-22-24-26-27-28-29-30-31-32-33-34-35-36-37-38-39-40-41-42-44-45-47-49-51-54-57-60-63-69(72)75-66-67(65-74-68(71)62-59-56-53-15-12-9-6-3)76-70(73)64-61-58-55-52-50-48-46-43-25-23-21-19-17-14-11-8-5-2/h23,25,67H,4-22,24,26-66H2,1-3H3/b25-23-. The molecule has 0 aromatic carbocycles. The molecule has 1 unspecified atom stereocenters. The van der Waals surface area contributed by atoms with Crippen molar-refractivity contribution in [1.29, 1.82) is 0 Å². The zero-order valence-corrected chi connectivity index (χ0v) is 51.8. The van der Waals surface area contributed by atoms with Gasteiger partial charge < -0.3 is 14.2 Å². The highest BCUT2D eigenvalue weighted by molar-refractivity contribution is 5.71. The summed E-state index contributed by atoms with van der Waals surface area (Å²) in [5, 5.41) is 0. The van der Waals surface area contributed by atoms with Gasteiger partial charge in [0, 0.05) is 19.3 Å². The van der Waals surface area contributed by atoms with Crippen molar-refractivity contribution in [1.82, 2.24) is 0 Å². The fourth-order valence-corrected chi connectivity index (χ4v) is 10.8. The SMILES string of the molecule is CCCCCCCC/C=C\CCCCCCCCCC(=O)OC(COC(=O)CCCCCCCCC)COC(=O)CCCCCCCCCCCCCCCCCCCCCCCCCCCCCCCCCCCC. The van der Waals surface area contributed by atoms with Crippen LogP contribution in [0.2, 0.25) is 0 Å². The van der Waals surface area contributed by atoms with Gasteiger partial charge in [0.25, 0.3) is 0 Å². The molecule has 6 nitrogen and oxygen atoms in total. The zero-order valence-electron chi connectivity index (χ0n) is 51.8. The molecular formula is C70H134O6. The van der Waals surface area contributed by atoms with Crippen LogP contribution >= 0.6 is 0 Å². The molecule has 0 amide bonds. The van der Waals surface area contributed by atoms with E-state index in [1.807, 2.05) is 0 Å². The number of esters is 3. The van der Waals surface area contributed by atoms with E-state index in [9.17, 15) is 14.4 Å². The predicted octanol–water partition coefficient (Wildman–Crippen LogP) is 23.6. The summed E-state index contributed by atoms with van der Waals surface area (Å²) in [5.41, 5.74) is 0. The second kappa shape index (κ2) is 65.7. The minimum Gasteiger partial charge on any atom is -0.462 e. The highest BCUT2D eigenvalue weighted by Crippen LogP contribution is 2.19. The van der Waals surface area contributed by atoms with E-state index >= 15 is 0 Å². The van der Waals surface area contributed by atoms with Crippen molar-refractivity contribution in [2.24, 2.45) is 0 Å². The van der Waals surface area contributed by atoms with Crippen molar-refractivity contribution in [3.05, 3.63) is 12.2 Å². The van der Waals surface area contributed by atoms with E-state index in [2.05, 4.69) is 32.9 Å². The fraction of sp³-hybridized carbons (Fsp3) is 0.929. The van der Waals surface area contributed by atoms with Crippen LogP contribution in [0.15, 0.2) is 12.2 Å². The number of rotatable bonds is 65. The quantitative estimate of drug-likeness (QED) is 0.0261. The molecule has 450 valence electrons. The number of carbonyl (C=O) groups excluding carboxylic acids is 3. The lowest BCUT2D eigenvalue weighted by atomic mass is 10.0. The molecule has 0 radical (unpaired) electrons. The van der Waals surface area contributed by atoms with Crippen molar-refractivity contribution >= 4 is 17.9 Å². The third-order valence-corrected chi connectivity index (χ3v) is 16.0. The number of carbonyl (C=O) groups is 3. The highest BCUT2D eigenvalue weighted by Gasteiger charge is 2.19. The Hall–Kier alpha value is -1.85. The smallest absolute Gasteiger partial charge is 0.306 e. The van der Waals surface area contributed by atoms with Gasteiger partial charge in [-0.15, -0.1) is 0 Å². The van der Waals surface area contributed by atoms with Crippen LogP contribution < -0.4 is 0 Å². The first-order valence-corrected chi connectivity index (χ1v) is 34.7. The molecule has 0 N–H and O–H groups in total. The molecule has 0 rings (SSSR count). The lowest BCUT2D eigenvalue weighted by molar-refractivity contribution is -0.167. The van der Waals surface area contributed by atoms with E-state index in [0.717, 1.165) is 57.8 Å². The van der Waals surface area contributed by atoms with Gasteiger partial charge in [-0.2, -0.15) is 0 Å². The van der Waals surface area contributed by atoms with Crippen LogP contribution in [0.5, 0.6) is 0 Å². The lowest BCUT2D eigenvalue weighted by Gasteiger charge is -2.18. The van der Waals surface area contributed by atoms with Gasteiger partial charge in [-0.1, -0.05) is 348 Å². The van der Waals surface area contributed by atoms with E-state index < -0.39 is 6.10 Å². The van der Waals surface area contributed by atoms with Crippen LogP contribution in [-0.4, -0.2) is 37.2 Å². The Labute approximate surface area is 475 Å². The van der Waals surface area contributed by atoms with E-state index in [1.54, 1.807) is 0 Å². The van der Waals surface area contributed by atoms with Gasteiger partial charge in [-0.3, -0.25) is 14.4 Å². The van der Waals surface area contributed by atoms with Crippen molar-refractivity contribution in [2.45, 2.75) is 406 Å². The first kappa shape index (κ1) is 74.2. The molecule has 6 heteroatoms. The molecule has 0 fully saturated rings. The van der Waals surface area contributed by atoms with Gasteiger partial charge in [0.2, 0.25) is 0 Å². The molecule has 0 saturated heterocycles. The minimum atomic E-state index is -0.766. The van der Waals surface area contributed by atoms with Crippen LogP contribution in [0.25, 0.3) is 0 Å². The predicted molar refractivity (Wildman–Crippen MR) is 330 cm³/mol. The van der Waals surface area contributed by atoms with Gasteiger partial charge in [0.1, 0.15) is 13.2 Å². The molecule has 0 aliphatic rings. The molecule has 0 aliphatic heterocycles. The maximum absolute atomic E-state index is 12.8. The number of unbranched alkanes of at least 4 members (excludes halogenated alkanes) is 52. The van der Waals surface area contributed by atoms with E-state index in [-0.39, 0.29) is 31.1 Å². The van der Waals surface area contributed by atoms with Gasteiger partial charge >= 0.3 is 17.9 Å². The summed E-state index contributed by atoms with van der Waals surface area (Å²) in [6, 6.07) is 0. The van der Waals surface area contributed by atoms with Gasteiger partial charge in [-0.25, -0.2) is 0 Å². The molecule has 0 aromatic heterocycles. The zero-order chi connectivity index (χ0) is 55.0. The number of ether oxygens (including phenoxy) is 3. The molecular weight excluding hydrogens is 937 g/mol. The third-order valence-electron chi connectivity index (χ3n) is 16.0. The van der Waals surface area contributed by atoms with Gasteiger partial charge in [0.15, 0.2) is 6.10 Å². The molecule has 76 heavy (non-hydrogen) atoms. The monoisotopic (exact) mass is 1070 g/mol. The second-order valence-corrected chi connectivity index (χ2v) is 23.8. The molecule has 0 spiro atoms. The lowest BCUT2D eigenvalue weighted by Crippen LogP contribution is -2.30. The van der Waals surface area contributed by atoms with Crippen LogP contribution in [-0.2, 0) is 28.6 Å². The number of hydrogen-bond acceptors (Lipinski definition) is 6. The van der Waals surface area contributed by atoms with Crippen LogP contribution in [0.4, 0.5) is 0 Å². The summed E-state index contributed by atoms with van der Waals surface area (Å²) < 4.78 is 16.9. The summed E-state index contributed by atoms with van der Waals surface area (Å²) in [6.45, 7) is 6.66. The molecule has 0 saturated carbocycles. The summed E-state index contributed by atoms with van der Waals surface area (Å²) in [5.74, 6) is -0.851. The summed E-state index contributed by atoms with van der Waals surface area (Å²) in [4.78, 5) is 38.1. The highest BCUT2D eigenvalue weighted by atomic mass is 16.6. The molecule has 0 aromatic rings. The Kier molecular flexibility index (Phi) is 64.1. The van der Waals surface area contributed by atoms with Crippen molar-refractivity contribution in [3.8, 4) is 0 Å². The van der Waals surface area contributed by atoms with Crippen LogP contribution in [0.3, 0.4) is 0 Å². The number of allylic oxidation sites excluding steroid dienone is 2. The van der Waals surface area contributed by atoms with Gasteiger partial charge in [0.05, 0.1) is 0 Å². The average Bonchev–Trinajstić information content (AvgIpc) is 3.42. The van der Waals surface area contributed by atoms with Crippen LogP contribution in [0.1, 0.15) is 400 Å². The Morgan fingerprint density at radius 1 is 0.250 bits per heavy atom. The Morgan fingerprint density at radius 2 is 0.434 bits per heavy atom. The normalized spacial score (nSPS) is 12.0. The topological polar surface area (TPSA) is 78.9 Å². The number of hydrogen-bond donors (Lipinski definition) is 0. The first-order chi connectivity index (χ1) is 37.5. The third kappa shape index (κ3) is 63.0. The molecule has 1 atom stereocenters. The molecule has 0 heterocycles. The summed E-state index contributed by atoms with van der Waals surface area (Å²) in [6.07, 6.45) is 78.6. The summed E-state index contributed by atoms with van der Waals surface area (Å²) in [7, 11) is 0. The largest absolute Gasteiger partial charge is 0.462 e. The van der Waals surface area contributed by atoms with E-state index in [1.165, 1.54) is 302 Å². The Bertz CT molecular complexity index is 1180. The van der Waals surface area contributed by atoms with E-state index in [0.29, 0.717) is 19.3 Å². The Balaban J connectivity index is 3.91. The first-order valence-electron chi connectivity index (χ1n) is 34.7. The maximum atomic E-state index is 12.8. The fourth-order valence-electron chi connectivity index (χ4n) is 10.8. The van der Waals surface area contributed by atoms with Crippen molar-refractivity contribution in [2.75, 3.05) is 13.2 Å². The van der Waals surface area contributed by atoms with Crippen LogP contribution in [0, 0.1) is 0 Å². The van der Waals surface area contributed by atoms with E-state index in [4.69, 9.17) is 14.2 Å². The molecule has 0 aliphatic carbocycles. The maximum Gasteiger partial charge on any atom is 0.306 e. The van der Waals surface area contributed by atoms with Crippen molar-refractivity contribution < 1.29 is 28.6 Å².